The summed E-state index contributed by atoms with van der Waals surface area (Å²) in [6.07, 6.45) is 2.77. The zero-order valence-electron chi connectivity index (χ0n) is 8.24. The molecule has 0 spiro atoms. The van der Waals surface area contributed by atoms with Gasteiger partial charge in [-0.1, -0.05) is 0 Å². The van der Waals surface area contributed by atoms with Crippen LogP contribution in [-0.2, 0) is 4.74 Å². The van der Waals surface area contributed by atoms with Crippen molar-refractivity contribution in [3.8, 4) is 0 Å². The smallest absolute Gasteiger partial charge is 0.222 e. The highest BCUT2D eigenvalue weighted by Gasteiger charge is 2.16. The number of hydrogen-bond donors (Lipinski definition) is 2. The molecule has 0 amide bonds. The van der Waals surface area contributed by atoms with Gasteiger partial charge in [0.1, 0.15) is 0 Å². The second-order valence-electron chi connectivity index (χ2n) is 3.46. The van der Waals surface area contributed by atoms with Gasteiger partial charge in [-0.3, -0.25) is 0 Å². The SMILES string of the molecule is Nc1ncc(F)c(NC2CCOCC2)n1. The fourth-order valence-corrected chi connectivity index (χ4v) is 1.52. The van der Waals surface area contributed by atoms with E-state index in [1.54, 1.807) is 0 Å². The van der Waals surface area contributed by atoms with Crippen molar-refractivity contribution in [1.29, 1.82) is 0 Å². The van der Waals surface area contributed by atoms with E-state index in [2.05, 4.69) is 15.3 Å². The highest BCUT2D eigenvalue weighted by Crippen LogP contribution is 2.16. The Morgan fingerprint density at radius 2 is 2.20 bits per heavy atom. The predicted octanol–water partition coefficient (Wildman–Crippen LogP) is 0.789. The van der Waals surface area contributed by atoms with Gasteiger partial charge in [-0.25, -0.2) is 9.37 Å². The molecule has 0 aromatic carbocycles. The van der Waals surface area contributed by atoms with Crippen LogP contribution in [0.2, 0.25) is 0 Å². The molecule has 1 saturated heterocycles. The van der Waals surface area contributed by atoms with E-state index in [-0.39, 0.29) is 17.8 Å². The van der Waals surface area contributed by atoms with Crippen molar-refractivity contribution >= 4 is 11.8 Å². The lowest BCUT2D eigenvalue weighted by Gasteiger charge is -2.23. The third-order valence-electron chi connectivity index (χ3n) is 2.32. The highest BCUT2D eigenvalue weighted by molar-refractivity contribution is 5.40. The molecule has 0 atom stereocenters. The minimum absolute atomic E-state index is 0.0750. The Morgan fingerprint density at radius 3 is 2.93 bits per heavy atom. The number of ether oxygens (including phenoxy) is 1. The molecule has 5 nitrogen and oxygen atoms in total. The fraction of sp³-hybridized carbons (Fsp3) is 0.556. The Morgan fingerprint density at radius 1 is 1.47 bits per heavy atom. The summed E-state index contributed by atoms with van der Waals surface area (Å²) in [6.45, 7) is 1.39. The van der Waals surface area contributed by atoms with Gasteiger partial charge in [0.2, 0.25) is 5.95 Å². The Labute approximate surface area is 86.9 Å². The van der Waals surface area contributed by atoms with E-state index in [0.717, 1.165) is 19.0 Å². The molecule has 0 radical (unpaired) electrons. The second-order valence-corrected chi connectivity index (χ2v) is 3.46. The second kappa shape index (κ2) is 4.39. The zero-order chi connectivity index (χ0) is 10.7. The molecule has 1 aromatic heterocycles. The fourth-order valence-electron chi connectivity index (χ4n) is 1.52. The quantitative estimate of drug-likeness (QED) is 0.758. The molecule has 1 aliphatic heterocycles. The number of nitrogens with two attached hydrogens (primary N) is 1. The van der Waals surface area contributed by atoms with Gasteiger partial charge in [0.05, 0.1) is 6.20 Å². The summed E-state index contributed by atoms with van der Waals surface area (Å²) in [7, 11) is 0. The molecule has 3 N–H and O–H groups in total. The minimum Gasteiger partial charge on any atom is -0.381 e. The molecule has 2 rings (SSSR count). The van der Waals surface area contributed by atoms with Gasteiger partial charge in [-0.2, -0.15) is 4.98 Å². The van der Waals surface area contributed by atoms with Crippen LogP contribution in [0.1, 0.15) is 12.8 Å². The van der Waals surface area contributed by atoms with Crippen LogP contribution in [0.25, 0.3) is 0 Å². The lowest BCUT2D eigenvalue weighted by atomic mass is 10.1. The topological polar surface area (TPSA) is 73.1 Å². The van der Waals surface area contributed by atoms with Crippen molar-refractivity contribution in [1.82, 2.24) is 9.97 Å². The monoisotopic (exact) mass is 212 g/mol. The van der Waals surface area contributed by atoms with Crippen LogP contribution in [0.4, 0.5) is 16.2 Å². The number of hydrogen-bond acceptors (Lipinski definition) is 5. The summed E-state index contributed by atoms with van der Waals surface area (Å²) in [5, 5.41) is 3.00. The number of nitrogen functional groups attached to an aromatic ring is 1. The van der Waals surface area contributed by atoms with Crippen LogP contribution < -0.4 is 11.1 Å². The summed E-state index contributed by atoms with van der Waals surface area (Å²) < 4.78 is 18.5. The van der Waals surface area contributed by atoms with Gasteiger partial charge in [0, 0.05) is 19.3 Å². The summed E-state index contributed by atoms with van der Waals surface area (Å²) in [5.74, 6) is -0.226. The van der Waals surface area contributed by atoms with Crippen molar-refractivity contribution in [2.45, 2.75) is 18.9 Å². The van der Waals surface area contributed by atoms with Crippen molar-refractivity contribution in [2.24, 2.45) is 0 Å². The molecule has 1 aromatic rings. The van der Waals surface area contributed by atoms with E-state index in [9.17, 15) is 4.39 Å². The first-order chi connectivity index (χ1) is 7.25. The number of nitrogens with one attached hydrogen (secondary N) is 1. The third kappa shape index (κ3) is 2.53. The van der Waals surface area contributed by atoms with E-state index in [1.165, 1.54) is 0 Å². The van der Waals surface area contributed by atoms with Crippen molar-refractivity contribution in [3.05, 3.63) is 12.0 Å². The maximum atomic E-state index is 13.3. The van der Waals surface area contributed by atoms with Crippen molar-refractivity contribution in [2.75, 3.05) is 24.3 Å². The van der Waals surface area contributed by atoms with Gasteiger partial charge < -0.3 is 15.8 Å². The van der Waals surface area contributed by atoms with E-state index in [1.807, 2.05) is 0 Å². The average Bonchev–Trinajstić information content (AvgIpc) is 2.25. The Bertz CT molecular complexity index is 341. The first-order valence-electron chi connectivity index (χ1n) is 4.88. The van der Waals surface area contributed by atoms with Crippen LogP contribution in [0.15, 0.2) is 6.20 Å². The largest absolute Gasteiger partial charge is 0.381 e. The van der Waals surface area contributed by atoms with Crippen LogP contribution in [0.5, 0.6) is 0 Å². The third-order valence-corrected chi connectivity index (χ3v) is 2.32. The van der Waals surface area contributed by atoms with E-state index < -0.39 is 5.82 Å². The van der Waals surface area contributed by atoms with Crippen LogP contribution in [-0.4, -0.2) is 29.2 Å². The molecular formula is C9H13FN4O. The standard InChI is InChI=1S/C9H13FN4O/c10-7-5-12-9(11)14-8(7)13-6-1-3-15-4-2-6/h5-6H,1-4H2,(H3,11,12,13,14). The lowest BCUT2D eigenvalue weighted by Crippen LogP contribution is -2.28. The normalized spacial score (nSPS) is 17.7. The minimum atomic E-state index is -0.476. The predicted molar refractivity (Wildman–Crippen MR) is 53.9 cm³/mol. The zero-order valence-corrected chi connectivity index (χ0v) is 8.24. The highest BCUT2D eigenvalue weighted by atomic mass is 19.1. The molecule has 1 aliphatic rings. The summed E-state index contributed by atoms with van der Waals surface area (Å²) >= 11 is 0. The van der Waals surface area contributed by atoms with E-state index in [4.69, 9.17) is 10.5 Å². The number of aromatic nitrogens is 2. The molecule has 2 heterocycles. The first kappa shape index (κ1) is 10.1. The summed E-state index contributed by atoms with van der Waals surface area (Å²) in [6, 6.07) is 0.197. The Hall–Kier alpha value is -1.43. The number of rotatable bonds is 2. The molecule has 6 heteroatoms. The van der Waals surface area contributed by atoms with E-state index >= 15 is 0 Å². The van der Waals surface area contributed by atoms with Gasteiger partial charge in [0.15, 0.2) is 11.6 Å². The molecule has 0 aliphatic carbocycles. The first-order valence-corrected chi connectivity index (χ1v) is 4.88. The van der Waals surface area contributed by atoms with E-state index in [0.29, 0.717) is 13.2 Å². The number of nitrogens with zero attached hydrogens (tertiary/aromatic N) is 2. The molecular weight excluding hydrogens is 199 g/mol. The Balaban J connectivity index is 2.05. The van der Waals surface area contributed by atoms with Crippen molar-refractivity contribution in [3.63, 3.8) is 0 Å². The lowest BCUT2D eigenvalue weighted by molar-refractivity contribution is 0.0903. The van der Waals surface area contributed by atoms with Gasteiger partial charge in [-0.15, -0.1) is 0 Å². The molecule has 0 unspecified atom stereocenters. The number of halogens is 1. The maximum absolute atomic E-state index is 13.3. The van der Waals surface area contributed by atoms with Crippen LogP contribution in [0, 0.1) is 5.82 Å². The van der Waals surface area contributed by atoms with Gasteiger partial charge in [0.25, 0.3) is 0 Å². The molecule has 15 heavy (non-hydrogen) atoms. The van der Waals surface area contributed by atoms with Crippen LogP contribution in [0.3, 0.4) is 0 Å². The van der Waals surface area contributed by atoms with Crippen LogP contribution >= 0.6 is 0 Å². The van der Waals surface area contributed by atoms with Gasteiger partial charge in [-0.05, 0) is 12.8 Å². The molecule has 1 fully saturated rings. The van der Waals surface area contributed by atoms with Crippen molar-refractivity contribution < 1.29 is 9.13 Å². The van der Waals surface area contributed by atoms with Gasteiger partial charge >= 0.3 is 0 Å². The maximum Gasteiger partial charge on any atom is 0.222 e. The summed E-state index contributed by atoms with van der Waals surface area (Å²) in [4.78, 5) is 7.37. The molecule has 82 valence electrons. The molecule has 0 saturated carbocycles. The summed E-state index contributed by atoms with van der Waals surface area (Å²) in [5.41, 5.74) is 5.38. The Kier molecular flexibility index (Phi) is 2.96. The molecule has 0 bridgehead atoms. The number of anilines is 2. The average molecular weight is 212 g/mol.